The monoisotopic (exact) mass is 510 g/mol. The summed E-state index contributed by atoms with van der Waals surface area (Å²) in [5.41, 5.74) is 3.04. The fraction of sp³-hybridized carbons (Fsp3) is 0.448. The number of aryl methyl sites for hydroxylation is 1. The van der Waals surface area contributed by atoms with Gasteiger partial charge in [-0.3, -0.25) is 9.78 Å². The molecule has 1 N–H and O–H groups in total. The normalized spacial score (nSPS) is 20.8. The molecule has 0 spiro atoms. The van der Waals surface area contributed by atoms with Crippen LogP contribution in [0.4, 0.5) is 24.5 Å². The number of benzene rings is 2. The number of aromatic nitrogens is 1. The van der Waals surface area contributed by atoms with Crippen LogP contribution >= 0.6 is 0 Å². The molecule has 0 bridgehead atoms. The summed E-state index contributed by atoms with van der Waals surface area (Å²) in [7, 11) is 0. The molecule has 1 saturated carbocycles. The number of anilines is 2. The number of pyridine rings is 1. The first kappa shape index (κ1) is 25.4. The Morgan fingerprint density at radius 1 is 1.00 bits per heavy atom. The molecule has 2 fully saturated rings. The third kappa shape index (κ3) is 5.68. The van der Waals surface area contributed by atoms with Gasteiger partial charge in [0, 0.05) is 61.6 Å². The maximum atomic E-state index is 13.2. The Balaban J connectivity index is 1.12. The van der Waals surface area contributed by atoms with Crippen molar-refractivity contribution in [2.45, 2.75) is 38.8 Å². The molecule has 1 amide bonds. The van der Waals surface area contributed by atoms with E-state index < -0.39 is 11.7 Å². The van der Waals surface area contributed by atoms with Crippen molar-refractivity contribution < 1.29 is 18.0 Å². The van der Waals surface area contributed by atoms with Gasteiger partial charge in [0.25, 0.3) is 0 Å². The zero-order valence-electron chi connectivity index (χ0n) is 21.1. The predicted molar refractivity (Wildman–Crippen MR) is 141 cm³/mol. The number of amides is 1. The Kier molecular flexibility index (Phi) is 7.26. The fourth-order valence-corrected chi connectivity index (χ4v) is 5.69. The van der Waals surface area contributed by atoms with E-state index in [4.69, 9.17) is 0 Å². The molecule has 2 aliphatic rings. The summed E-state index contributed by atoms with van der Waals surface area (Å²) < 4.78 is 39.6. The highest BCUT2D eigenvalue weighted by molar-refractivity contribution is 5.91. The van der Waals surface area contributed by atoms with Crippen LogP contribution in [-0.2, 0) is 11.0 Å². The quantitative estimate of drug-likeness (QED) is 0.449. The van der Waals surface area contributed by atoms with Gasteiger partial charge in [-0.2, -0.15) is 13.2 Å². The summed E-state index contributed by atoms with van der Waals surface area (Å²) in [5.74, 6) is 0.726. The van der Waals surface area contributed by atoms with Crippen molar-refractivity contribution in [3.63, 3.8) is 0 Å². The Labute approximate surface area is 215 Å². The van der Waals surface area contributed by atoms with Crippen LogP contribution in [0.15, 0.2) is 54.7 Å². The van der Waals surface area contributed by atoms with Gasteiger partial charge in [0.2, 0.25) is 5.91 Å². The molecule has 0 radical (unpaired) electrons. The number of hydrogen-bond acceptors (Lipinski definition) is 4. The van der Waals surface area contributed by atoms with Gasteiger partial charge >= 0.3 is 6.18 Å². The Morgan fingerprint density at radius 2 is 1.73 bits per heavy atom. The minimum Gasteiger partial charge on any atom is -0.384 e. The standard InChI is InChI=1S/C29H33F3N4O/c1-20-4-2-3-5-27(20)35-14-16-36(17-15-35)28(37)22-8-6-21(7-9-22)19-34-26-12-13-33-25-11-10-23(18-24(25)26)29(30,31)32/h2-5,10-13,18,21-22H,6-9,14-17,19H2,1H3,(H,33,34)/t21-,22-. The van der Waals surface area contributed by atoms with Gasteiger partial charge in [-0.05, 0) is 74.4 Å². The van der Waals surface area contributed by atoms with Crippen LogP contribution in [0.3, 0.4) is 0 Å². The average molecular weight is 511 g/mol. The molecule has 2 heterocycles. The number of piperazine rings is 1. The topological polar surface area (TPSA) is 48.5 Å². The number of fused-ring (bicyclic) bond motifs is 1. The number of carbonyl (C=O) groups is 1. The number of para-hydroxylation sites is 1. The smallest absolute Gasteiger partial charge is 0.384 e. The van der Waals surface area contributed by atoms with Gasteiger partial charge in [-0.15, -0.1) is 0 Å². The van der Waals surface area contributed by atoms with E-state index >= 15 is 0 Å². The van der Waals surface area contributed by atoms with Gasteiger partial charge in [-0.1, -0.05) is 18.2 Å². The number of halogens is 3. The fourth-order valence-electron chi connectivity index (χ4n) is 5.69. The second-order valence-corrected chi connectivity index (χ2v) is 10.3. The molecule has 5 nitrogen and oxygen atoms in total. The first-order valence-electron chi connectivity index (χ1n) is 13.1. The first-order chi connectivity index (χ1) is 17.8. The molecule has 2 aromatic carbocycles. The summed E-state index contributed by atoms with van der Waals surface area (Å²) in [6, 6.07) is 13.8. The van der Waals surface area contributed by atoms with Crippen molar-refractivity contribution in [2.75, 3.05) is 42.9 Å². The van der Waals surface area contributed by atoms with E-state index in [1.807, 2.05) is 11.0 Å². The summed E-state index contributed by atoms with van der Waals surface area (Å²) in [5, 5.41) is 3.84. The van der Waals surface area contributed by atoms with Gasteiger partial charge in [0.1, 0.15) is 0 Å². The van der Waals surface area contributed by atoms with E-state index in [0.717, 1.165) is 57.9 Å². The van der Waals surface area contributed by atoms with Crippen LogP contribution < -0.4 is 10.2 Å². The molecule has 8 heteroatoms. The van der Waals surface area contributed by atoms with E-state index in [-0.39, 0.29) is 11.8 Å². The third-order valence-corrected chi connectivity index (χ3v) is 7.89. The predicted octanol–water partition coefficient (Wildman–Crippen LogP) is 6.13. The highest BCUT2D eigenvalue weighted by Gasteiger charge is 2.32. The second-order valence-electron chi connectivity index (χ2n) is 10.3. The lowest BCUT2D eigenvalue weighted by molar-refractivity contribution is -0.138. The SMILES string of the molecule is Cc1ccccc1N1CCN(C(=O)[C@H]2CC[C@H](CNc3ccnc4ccc(C(F)(F)F)cc34)CC2)CC1. The molecule has 0 atom stereocenters. The number of hydrogen-bond donors (Lipinski definition) is 1. The summed E-state index contributed by atoms with van der Waals surface area (Å²) in [4.78, 5) is 21.8. The number of rotatable bonds is 5. The zero-order valence-corrected chi connectivity index (χ0v) is 21.1. The van der Waals surface area contributed by atoms with E-state index in [1.165, 1.54) is 23.4 Å². The maximum Gasteiger partial charge on any atom is 0.416 e. The van der Waals surface area contributed by atoms with Crippen molar-refractivity contribution >= 4 is 28.2 Å². The van der Waals surface area contributed by atoms with E-state index in [1.54, 1.807) is 12.3 Å². The molecule has 196 valence electrons. The number of nitrogens with zero attached hydrogens (tertiary/aromatic N) is 3. The van der Waals surface area contributed by atoms with Crippen LogP contribution in [0, 0.1) is 18.8 Å². The zero-order chi connectivity index (χ0) is 26.0. The lowest BCUT2D eigenvalue weighted by atomic mass is 9.81. The number of nitrogens with one attached hydrogen (secondary N) is 1. The maximum absolute atomic E-state index is 13.2. The first-order valence-corrected chi connectivity index (χ1v) is 13.1. The Hall–Kier alpha value is -3.29. The minimum atomic E-state index is -4.39. The van der Waals surface area contributed by atoms with Crippen molar-refractivity contribution in [1.82, 2.24) is 9.88 Å². The van der Waals surface area contributed by atoms with Crippen LogP contribution in [0.1, 0.15) is 36.8 Å². The molecule has 0 unspecified atom stereocenters. The molecule has 3 aromatic rings. The Morgan fingerprint density at radius 3 is 2.43 bits per heavy atom. The number of carbonyl (C=O) groups excluding carboxylic acids is 1. The van der Waals surface area contributed by atoms with Crippen molar-refractivity contribution in [3.05, 3.63) is 65.9 Å². The van der Waals surface area contributed by atoms with E-state index in [2.05, 4.69) is 40.3 Å². The summed E-state index contributed by atoms with van der Waals surface area (Å²) in [6.07, 6.45) is 0.815. The highest BCUT2D eigenvalue weighted by atomic mass is 19.4. The second kappa shape index (κ2) is 10.6. The van der Waals surface area contributed by atoms with E-state index in [9.17, 15) is 18.0 Å². The van der Waals surface area contributed by atoms with Crippen LogP contribution in [0.25, 0.3) is 10.9 Å². The van der Waals surface area contributed by atoms with Gasteiger partial charge in [0.05, 0.1) is 11.1 Å². The van der Waals surface area contributed by atoms with Gasteiger partial charge < -0.3 is 15.1 Å². The molecule has 1 aromatic heterocycles. The Bertz CT molecular complexity index is 1250. The molecular weight excluding hydrogens is 477 g/mol. The molecule has 37 heavy (non-hydrogen) atoms. The molecule has 5 rings (SSSR count). The van der Waals surface area contributed by atoms with Crippen molar-refractivity contribution in [1.29, 1.82) is 0 Å². The molecule has 1 saturated heterocycles. The molecular formula is C29H33F3N4O. The summed E-state index contributed by atoms with van der Waals surface area (Å²) in [6.45, 7) is 6.01. The molecule has 1 aliphatic carbocycles. The van der Waals surface area contributed by atoms with Crippen molar-refractivity contribution in [3.8, 4) is 0 Å². The lowest BCUT2D eigenvalue weighted by Gasteiger charge is -2.39. The highest BCUT2D eigenvalue weighted by Crippen LogP contribution is 2.34. The third-order valence-electron chi connectivity index (χ3n) is 7.89. The van der Waals surface area contributed by atoms with Crippen LogP contribution in [0.5, 0.6) is 0 Å². The van der Waals surface area contributed by atoms with Crippen molar-refractivity contribution in [2.24, 2.45) is 11.8 Å². The summed E-state index contributed by atoms with van der Waals surface area (Å²) >= 11 is 0. The van der Waals surface area contributed by atoms with Gasteiger partial charge in [0.15, 0.2) is 0 Å². The van der Waals surface area contributed by atoms with Crippen LogP contribution in [-0.4, -0.2) is 48.5 Å². The largest absolute Gasteiger partial charge is 0.416 e. The molecule has 1 aliphatic heterocycles. The van der Waals surface area contributed by atoms with Crippen LogP contribution in [0.2, 0.25) is 0 Å². The average Bonchev–Trinajstić information content (AvgIpc) is 2.91. The van der Waals surface area contributed by atoms with E-state index in [0.29, 0.717) is 29.1 Å². The minimum absolute atomic E-state index is 0.0670. The number of alkyl halides is 3. The van der Waals surface area contributed by atoms with Gasteiger partial charge in [-0.25, -0.2) is 0 Å². The lowest BCUT2D eigenvalue weighted by Crippen LogP contribution is -2.51.